The van der Waals surface area contributed by atoms with E-state index in [1.165, 1.54) is 0 Å². The summed E-state index contributed by atoms with van der Waals surface area (Å²) < 4.78 is 8.72. The van der Waals surface area contributed by atoms with Crippen molar-refractivity contribution in [3.8, 4) is 0 Å². The largest absolute Gasteiger partial charge is 0.444 e. The molecule has 3 aromatic rings. The van der Waals surface area contributed by atoms with Gasteiger partial charge in [-0.2, -0.15) is 5.10 Å². The average molecular weight is 522 g/mol. The summed E-state index contributed by atoms with van der Waals surface area (Å²) in [5, 5.41) is 7.63. The van der Waals surface area contributed by atoms with Gasteiger partial charge in [0.15, 0.2) is 5.82 Å². The number of carbonyl (C=O) groups excluding carboxylic acids is 2. The highest BCUT2D eigenvalue weighted by Gasteiger charge is 2.32. The Morgan fingerprint density at radius 3 is 2.53 bits per heavy atom. The van der Waals surface area contributed by atoms with Gasteiger partial charge in [0, 0.05) is 31.4 Å². The smallest absolute Gasteiger partial charge is 0.407 e. The molecule has 2 aromatic heterocycles. The van der Waals surface area contributed by atoms with Gasteiger partial charge < -0.3 is 15.0 Å². The Balaban J connectivity index is 1.64. The lowest BCUT2D eigenvalue weighted by molar-refractivity contribution is 0.0523. The van der Waals surface area contributed by atoms with E-state index in [2.05, 4.69) is 5.32 Å². The minimum Gasteiger partial charge on any atom is -0.444 e. The van der Waals surface area contributed by atoms with Crippen molar-refractivity contribution in [2.45, 2.75) is 78.5 Å². The third-order valence-corrected chi connectivity index (χ3v) is 6.68. The van der Waals surface area contributed by atoms with Crippen LogP contribution in [0.4, 0.5) is 4.79 Å². The first kappa shape index (κ1) is 27.4. The summed E-state index contributed by atoms with van der Waals surface area (Å²) >= 11 is 0. The monoisotopic (exact) mass is 521 g/mol. The molecule has 204 valence electrons. The molecule has 0 spiro atoms. The van der Waals surface area contributed by atoms with Gasteiger partial charge in [-0.15, -0.1) is 0 Å². The van der Waals surface area contributed by atoms with Gasteiger partial charge in [0.2, 0.25) is 0 Å². The van der Waals surface area contributed by atoms with Crippen LogP contribution in [0.2, 0.25) is 0 Å². The number of alkyl carbamates (subject to hydrolysis) is 1. The molecule has 9 heteroatoms. The highest BCUT2D eigenvalue weighted by molar-refractivity contribution is 5.94. The van der Waals surface area contributed by atoms with Crippen LogP contribution in [0.15, 0.2) is 47.4 Å². The summed E-state index contributed by atoms with van der Waals surface area (Å²) in [4.78, 5) is 41.3. The number of aryl methyl sites for hydroxylation is 1. The van der Waals surface area contributed by atoms with Crippen molar-refractivity contribution in [3.05, 3.63) is 69.9 Å². The molecule has 2 amide bonds. The van der Waals surface area contributed by atoms with Crippen molar-refractivity contribution >= 4 is 17.5 Å². The van der Waals surface area contributed by atoms with E-state index >= 15 is 0 Å². The lowest BCUT2D eigenvalue weighted by Gasteiger charge is -2.32. The van der Waals surface area contributed by atoms with E-state index in [-0.39, 0.29) is 11.5 Å². The first-order chi connectivity index (χ1) is 18.1. The second kappa shape index (κ2) is 11.4. The number of ether oxygens (including phenoxy) is 1. The minimum absolute atomic E-state index is 0.0836. The summed E-state index contributed by atoms with van der Waals surface area (Å²) in [7, 11) is 0. The second-order valence-electron chi connectivity index (χ2n) is 11.1. The fourth-order valence-corrected chi connectivity index (χ4v) is 4.57. The number of rotatable bonds is 10. The van der Waals surface area contributed by atoms with Crippen molar-refractivity contribution in [1.29, 1.82) is 0 Å². The Kier molecular flexibility index (Phi) is 8.23. The van der Waals surface area contributed by atoms with Gasteiger partial charge in [0.05, 0.1) is 6.04 Å². The molecule has 0 bridgehead atoms. The van der Waals surface area contributed by atoms with Gasteiger partial charge in [-0.25, -0.2) is 9.31 Å². The molecular weight excluding hydrogens is 482 g/mol. The van der Waals surface area contributed by atoms with Gasteiger partial charge >= 0.3 is 6.09 Å². The third-order valence-electron chi connectivity index (χ3n) is 6.68. The molecule has 1 aromatic carbocycles. The molecule has 1 aliphatic rings. The predicted octanol–water partition coefficient (Wildman–Crippen LogP) is 4.72. The zero-order valence-electron chi connectivity index (χ0n) is 23.1. The lowest BCUT2D eigenvalue weighted by atomic mass is 10.1. The molecule has 0 radical (unpaired) electrons. The number of nitrogens with zero attached hydrogens (tertiary/aromatic N) is 4. The molecule has 38 heavy (non-hydrogen) atoms. The molecular formula is C29H39N5O4. The number of aromatic nitrogens is 3. The quantitative estimate of drug-likeness (QED) is 0.389. The van der Waals surface area contributed by atoms with Crippen LogP contribution in [-0.2, 0) is 11.3 Å². The maximum absolute atomic E-state index is 13.9. The number of amides is 2. The van der Waals surface area contributed by atoms with Gasteiger partial charge in [0.1, 0.15) is 11.1 Å². The predicted molar refractivity (Wildman–Crippen MR) is 146 cm³/mol. The lowest BCUT2D eigenvalue weighted by Crippen LogP contribution is -2.41. The van der Waals surface area contributed by atoms with Gasteiger partial charge in [-0.05, 0) is 83.6 Å². The van der Waals surface area contributed by atoms with Crippen LogP contribution in [0.3, 0.4) is 0 Å². The summed E-state index contributed by atoms with van der Waals surface area (Å²) in [6, 6.07) is 10.7. The fourth-order valence-electron chi connectivity index (χ4n) is 4.57. The van der Waals surface area contributed by atoms with Crippen LogP contribution in [0.25, 0.3) is 5.52 Å². The van der Waals surface area contributed by atoms with Gasteiger partial charge in [-0.3, -0.25) is 14.2 Å². The van der Waals surface area contributed by atoms with E-state index in [0.717, 1.165) is 18.4 Å². The molecule has 1 atom stereocenters. The SMILES string of the molecule is CCC(c1nn2cccc2c(=O)n1CC1CC1)N(CCCNC(=O)OC(C)(C)C)C(=O)c1ccc(C)cc1. The molecule has 2 heterocycles. The number of nitrogens with one attached hydrogen (secondary N) is 1. The summed E-state index contributed by atoms with van der Waals surface area (Å²) in [6.07, 6.45) is 4.58. The van der Waals surface area contributed by atoms with Gasteiger partial charge in [-0.1, -0.05) is 24.6 Å². The van der Waals surface area contributed by atoms with E-state index in [1.54, 1.807) is 26.2 Å². The van der Waals surface area contributed by atoms with E-state index in [4.69, 9.17) is 9.84 Å². The minimum atomic E-state index is -0.584. The van der Waals surface area contributed by atoms with Crippen molar-refractivity contribution in [2.75, 3.05) is 13.1 Å². The second-order valence-corrected chi connectivity index (χ2v) is 11.1. The average Bonchev–Trinajstić information content (AvgIpc) is 3.55. The molecule has 1 aliphatic carbocycles. The van der Waals surface area contributed by atoms with Crippen molar-refractivity contribution in [1.82, 2.24) is 24.4 Å². The first-order valence-corrected chi connectivity index (χ1v) is 13.5. The Morgan fingerprint density at radius 1 is 1.18 bits per heavy atom. The fraction of sp³-hybridized carbons (Fsp3) is 0.517. The van der Waals surface area contributed by atoms with Crippen molar-refractivity contribution in [2.24, 2.45) is 5.92 Å². The van der Waals surface area contributed by atoms with Crippen LogP contribution in [0.5, 0.6) is 0 Å². The van der Waals surface area contributed by atoms with Crippen LogP contribution in [-0.4, -0.2) is 49.8 Å². The number of carbonyl (C=O) groups is 2. The summed E-state index contributed by atoms with van der Waals surface area (Å²) in [5.74, 6) is 0.921. The van der Waals surface area contributed by atoms with Crippen molar-refractivity contribution < 1.29 is 14.3 Å². The Hall–Kier alpha value is -3.62. The van der Waals surface area contributed by atoms with Crippen LogP contribution in [0, 0.1) is 12.8 Å². The van der Waals surface area contributed by atoms with Crippen LogP contribution in [0.1, 0.15) is 81.2 Å². The van der Waals surface area contributed by atoms with Crippen molar-refractivity contribution in [3.63, 3.8) is 0 Å². The molecule has 1 saturated carbocycles. The van der Waals surface area contributed by atoms with E-state index in [9.17, 15) is 14.4 Å². The Labute approximate surface area is 223 Å². The zero-order valence-corrected chi connectivity index (χ0v) is 23.1. The van der Waals surface area contributed by atoms with E-state index in [0.29, 0.717) is 55.3 Å². The maximum atomic E-state index is 13.9. The Morgan fingerprint density at radius 2 is 1.89 bits per heavy atom. The standard InChI is InChI=1S/C29H39N5O4/c1-6-23(25-31-34-18-7-9-24(34)27(36)33(25)19-21-12-13-21)32(26(35)22-14-10-20(2)11-15-22)17-8-16-30-28(37)38-29(3,4)5/h7,9-11,14-15,18,21,23H,6,8,12-13,16-17,19H2,1-5H3,(H,30,37). The molecule has 4 rings (SSSR count). The molecule has 1 unspecified atom stereocenters. The molecule has 1 N–H and O–H groups in total. The highest BCUT2D eigenvalue weighted by atomic mass is 16.6. The number of hydrogen-bond acceptors (Lipinski definition) is 5. The molecule has 9 nitrogen and oxygen atoms in total. The van der Waals surface area contributed by atoms with Gasteiger partial charge in [0.25, 0.3) is 11.5 Å². The summed E-state index contributed by atoms with van der Waals surface area (Å²) in [6.45, 7) is 10.8. The topological polar surface area (TPSA) is 97.9 Å². The van der Waals surface area contributed by atoms with E-state index in [1.807, 2.05) is 65.0 Å². The van der Waals surface area contributed by atoms with Crippen LogP contribution >= 0.6 is 0 Å². The number of benzene rings is 1. The normalized spacial score (nSPS) is 14.3. The number of hydrogen-bond donors (Lipinski definition) is 1. The maximum Gasteiger partial charge on any atom is 0.407 e. The molecule has 1 fully saturated rings. The zero-order chi connectivity index (χ0) is 27.4. The number of fused-ring (bicyclic) bond motifs is 1. The Bertz CT molecular complexity index is 1330. The highest BCUT2D eigenvalue weighted by Crippen LogP contribution is 2.32. The van der Waals surface area contributed by atoms with E-state index < -0.39 is 17.7 Å². The first-order valence-electron chi connectivity index (χ1n) is 13.5. The summed E-state index contributed by atoms with van der Waals surface area (Å²) in [5.41, 5.74) is 1.51. The third kappa shape index (κ3) is 6.62. The van der Waals surface area contributed by atoms with Crippen LogP contribution < -0.4 is 10.9 Å². The molecule has 0 aliphatic heterocycles. The molecule has 0 saturated heterocycles.